The van der Waals surface area contributed by atoms with Crippen molar-refractivity contribution in [3.05, 3.63) is 24.3 Å². The number of hydrogen-bond acceptors (Lipinski definition) is 2. The fraction of sp³-hybridized carbons (Fsp3) is 0.500. The quantitative estimate of drug-likeness (QED) is 0.556. The molecule has 0 aromatic rings. The summed E-state index contributed by atoms with van der Waals surface area (Å²) >= 11 is 0. The summed E-state index contributed by atoms with van der Waals surface area (Å²) < 4.78 is 0. The Kier molecular flexibility index (Phi) is 6.15. The van der Waals surface area contributed by atoms with Gasteiger partial charge < -0.3 is 10.6 Å². The molecule has 90 valence electrons. The molecule has 0 bridgehead atoms. The maximum Gasteiger partial charge on any atom is 0.244 e. The first-order valence-electron chi connectivity index (χ1n) is 5.23. The normalized spacial score (nSPS) is 12.0. The molecule has 0 saturated carbocycles. The minimum atomic E-state index is -0.276. The lowest BCUT2D eigenvalue weighted by Gasteiger charge is -2.20. The van der Waals surface area contributed by atoms with Gasteiger partial charge >= 0.3 is 0 Å². The lowest BCUT2D eigenvalue weighted by molar-refractivity contribution is -0.124. The number of allylic oxidation sites excluding steroid dienone is 3. The van der Waals surface area contributed by atoms with Crippen LogP contribution in [0.15, 0.2) is 24.3 Å². The zero-order valence-electron chi connectivity index (χ0n) is 10.3. The molecule has 0 spiro atoms. The van der Waals surface area contributed by atoms with E-state index in [1.807, 2.05) is 33.8 Å². The molecule has 0 atom stereocenters. The number of hydrogen-bond donors (Lipinski definition) is 2. The van der Waals surface area contributed by atoms with Crippen molar-refractivity contribution in [3.63, 3.8) is 0 Å². The summed E-state index contributed by atoms with van der Waals surface area (Å²) in [4.78, 5) is 22.5. The Morgan fingerprint density at radius 2 is 1.81 bits per heavy atom. The van der Waals surface area contributed by atoms with E-state index in [2.05, 4.69) is 10.6 Å². The summed E-state index contributed by atoms with van der Waals surface area (Å²) in [6, 6.07) is 0. The fourth-order valence-corrected chi connectivity index (χ4v) is 0.943. The lowest BCUT2D eigenvalue weighted by atomic mass is 10.1. The molecule has 0 aliphatic rings. The highest BCUT2D eigenvalue weighted by Crippen LogP contribution is 1.96. The van der Waals surface area contributed by atoms with Crippen LogP contribution in [0.25, 0.3) is 0 Å². The molecule has 0 aliphatic carbocycles. The fourth-order valence-electron chi connectivity index (χ4n) is 0.943. The van der Waals surface area contributed by atoms with Crippen LogP contribution in [0.3, 0.4) is 0 Å². The van der Waals surface area contributed by atoms with E-state index in [0.29, 0.717) is 0 Å². The molecular formula is C12H20N2O2. The SMILES string of the molecule is C/C=C/C=C/C(=O)NCC(=O)NC(C)(C)C. The summed E-state index contributed by atoms with van der Waals surface area (Å²) in [6.07, 6.45) is 6.56. The van der Waals surface area contributed by atoms with Gasteiger partial charge in [-0.05, 0) is 27.7 Å². The molecule has 2 N–H and O–H groups in total. The minimum Gasteiger partial charge on any atom is -0.350 e. The lowest BCUT2D eigenvalue weighted by Crippen LogP contribution is -2.45. The Bertz CT molecular complexity index is 299. The van der Waals surface area contributed by atoms with Crippen LogP contribution in [-0.4, -0.2) is 23.9 Å². The van der Waals surface area contributed by atoms with E-state index in [0.717, 1.165) is 0 Å². The van der Waals surface area contributed by atoms with Crippen LogP contribution in [0, 0.1) is 0 Å². The van der Waals surface area contributed by atoms with Gasteiger partial charge in [-0.25, -0.2) is 0 Å². The standard InChI is InChI=1S/C12H20N2O2/c1-5-6-7-8-10(15)13-9-11(16)14-12(2,3)4/h5-8H,9H2,1-4H3,(H,13,15)(H,14,16)/b6-5+,8-7+. The van der Waals surface area contributed by atoms with Gasteiger partial charge in [0.15, 0.2) is 0 Å². The summed E-state index contributed by atoms with van der Waals surface area (Å²) in [5.41, 5.74) is -0.275. The monoisotopic (exact) mass is 224 g/mol. The second-order valence-electron chi connectivity index (χ2n) is 4.40. The first kappa shape index (κ1) is 14.4. The first-order chi connectivity index (χ1) is 7.35. The predicted octanol–water partition coefficient (Wildman–Crippen LogP) is 1.15. The number of rotatable bonds is 4. The first-order valence-corrected chi connectivity index (χ1v) is 5.23. The van der Waals surface area contributed by atoms with E-state index in [1.54, 1.807) is 12.2 Å². The van der Waals surface area contributed by atoms with Gasteiger partial charge in [0, 0.05) is 11.6 Å². The van der Waals surface area contributed by atoms with Crippen molar-refractivity contribution in [3.8, 4) is 0 Å². The molecule has 4 nitrogen and oxygen atoms in total. The van der Waals surface area contributed by atoms with Gasteiger partial charge in [0.25, 0.3) is 0 Å². The smallest absolute Gasteiger partial charge is 0.244 e. The van der Waals surface area contributed by atoms with Crippen LogP contribution < -0.4 is 10.6 Å². The molecule has 4 heteroatoms. The molecule has 0 saturated heterocycles. The van der Waals surface area contributed by atoms with E-state index in [1.165, 1.54) is 6.08 Å². The van der Waals surface area contributed by atoms with Crippen molar-refractivity contribution >= 4 is 11.8 Å². The van der Waals surface area contributed by atoms with Gasteiger partial charge in [0.05, 0.1) is 6.54 Å². The van der Waals surface area contributed by atoms with Crippen molar-refractivity contribution in [1.29, 1.82) is 0 Å². The number of nitrogens with one attached hydrogen (secondary N) is 2. The average Bonchev–Trinajstić information content (AvgIpc) is 2.12. The zero-order valence-corrected chi connectivity index (χ0v) is 10.3. The Balaban J connectivity index is 3.89. The van der Waals surface area contributed by atoms with E-state index >= 15 is 0 Å². The highest BCUT2D eigenvalue weighted by molar-refractivity contribution is 5.91. The van der Waals surface area contributed by atoms with Crippen molar-refractivity contribution in [2.45, 2.75) is 33.2 Å². The van der Waals surface area contributed by atoms with Gasteiger partial charge in [-0.2, -0.15) is 0 Å². The number of carbonyl (C=O) groups excluding carboxylic acids is 2. The molecule has 16 heavy (non-hydrogen) atoms. The Morgan fingerprint density at radius 1 is 1.19 bits per heavy atom. The number of amides is 2. The molecule has 0 aromatic carbocycles. The predicted molar refractivity (Wildman–Crippen MR) is 64.9 cm³/mol. The topological polar surface area (TPSA) is 58.2 Å². The van der Waals surface area contributed by atoms with Crippen LogP contribution in [-0.2, 0) is 9.59 Å². The van der Waals surface area contributed by atoms with Gasteiger partial charge in [-0.15, -0.1) is 0 Å². The third-order valence-electron chi connectivity index (χ3n) is 1.49. The molecule has 0 fully saturated rings. The summed E-state index contributed by atoms with van der Waals surface area (Å²) in [5.74, 6) is -0.470. The highest BCUT2D eigenvalue weighted by atomic mass is 16.2. The van der Waals surface area contributed by atoms with Crippen LogP contribution >= 0.6 is 0 Å². The van der Waals surface area contributed by atoms with E-state index in [9.17, 15) is 9.59 Å². The van der Waals surface area contributed by atoms with E-state index in [-0.39, 0.29) is 23.9 Å². The number of carbonyl (C=O) groups is 2. The van der Waals surface area contributed by atoms with Crippen LogP contribution in [0.4, 0.5) is 0 Å². The summed E-state index contributed by atoms with van der Waals surface area (Å²) in [7, 11) is 0. The maximum atomic E-state index is 11.3. The zero-order chi connectivity index (χ0) is 12.6. The Morgan fingerprint density at radius 3 is 2.31 bits per heavy atom. The summed E-state index contributed by atoms with van der Waals surface area (Å²) in [6.45, 7) is 7.52. The summed E-state index contributed by atoms with van der Waals surface area (Å²) in [5, 5.41) is 5.24. The second-order valence-corrected chi connectivity index (χ2v) is 4.40. The molecule has 2 amide bonds. The van der Waals surface area contributed by atoms with Gasteiger partial charge in [-0.3, -0.25) is 9.59 Å². The van der Waals surface area contributed by atoms with Crippen LogP contribution in [0.2, 0.25) is 0 Å². The third kappa shape index (κ3) is 8.99. The molecular weight excluding hydrogens is 204 g/mol. The second kappa shape index (κ2) is 6.82. The van der Waals surface area contributed by atoms with E-state index < -0.39 is 0 Å². The molecule has 0 heterocycles. The maximum absolute atomic E-state index is 11.3. The van der Waals surface area contributed by atoms with Crippen molar-refractivity contribution in [2.24, 2.45) is 0 Å². The van der Waals surface area contributed by atoms with Gasteiger partial charge in [0.2, 0.25) is 11.8 Å². The van der Waals surface area contributed by atoms with Crippen LogP contribution in [0.5, 0.6) is 0 Å². The third-order valence-corrected chi connectivity index (χ3v) is 1.49. The molecule has 0 aliphatic heterocycles. The van der Waals surface area contributed by atoms with Crippen molar-refractivity contribution < 1.29 is 9.59 Å². The molecule has 0 radical (unpaired) electrons. The molecule has 0 rings (SSSR count). The van der Waals surface area contributed by atoms with Gasteiger partial charge in [0.1, 0.15) is 0 Å². The van der Waals surface area contributed by atoms with E-state index in [4.69, 9.17) is 0 Å². The Hall–Kier alpha value is -1.58. The minimum absolute atomic E-state index is 0.00369. The van der Waals surface area contributed by atoms with Crippen molar-refractivity contribution in [2.75, 3.05) is 6.54 Å². The van der Waals surface area contributed by atoms with Crippen molar-refractivity contribution in [1.82, 2.24) is 10.6 Å². The van der Waals surface area contributed by atoms with Gasteiger partial charge in [-0.1, -0.05) is 18.2 Å². The largest absolute Gasteiger partial charge is 0.350 e. The molecule has 0 aromatic heterocycles. The van der Waals surface area contributed by atoms with Crippen LogP contribution in [0.1, 0.15) is 27.7 Å². The molecule has 0 unspecified atom stereocenters. The highest BCUT2D eigenvalue weighted by Gasteiger charge is 2.13. The Labute approximate surface area is 96.8 Å². The average molecular weight is 224 g/mol.